The van der Waals surface area contributed by atoms with Crippen LogP contribution in [0.1, 0.15) is 19.3 Å². The van der Waals surface area contributed by atoms with Gasteiger partial charge >= 0.3 is 0 Å². The number of fused-ring (bicyclic) bond motifs is 1. The van der Waals surface area contributed by atoms with E-state index in [4.69, 9.17) is 16.3 Å². The van der Waals surface area contributed by atoms with E-state index in [9.17, 15) is 9.18 Å². The Balaban J connectivity index is 1.60. The molecule has 0 radical (unpaired) electrons. The summed E-state index contributed by atoms with van der Waals surface area (Å²) in [4.78, 5) is 23.3. The molecule has 1 aliphatic heterocycles. The molecule has 0 aliphatic carbocycles. The van der Waals surface area contributed by atoms with Gasteiger partial charge in [-0.15, -0.1) is 0 Å². The van der Waals surface area contributed by atoms with Crippen LogP contribution in [0.2, 0.25) is 5.02 Å². The van der Waals surface area contributed by atoms with Crippen molar-refractivity contribution in [2.75, 3.05) is 30.8 Å². The molecule has 2 aromatic carbocycles. The van der Waals surface area contributed by atoms with Crippen LogP contribution in [0.25, 0.3) is 10.9 Å². The summed E-state index contributed by atoms with van der Waals surface area (Å²) in [6, 6.07) is 7.78. The molecular formula is C23H23ClFN5O2. The van der Waals surface area contributed by atoms with Crippen molar-refractivity contribution in [3.05, 3.63) is 59.8 Å². The molecule has 4 rings (SSSR count). The molecule has 0 atom stereocenters. The molecule has 0 spiro atoms. The number of nitrogens with one attached hydrogen (secondary N) is 2. The highest BCUT2D eigenvalue weighted by molar-refractivity contribution is 6.31. The second-order valence-electron chi connectivity index (χ2n) is 7.45. The first-order valence-corrected chi connectivity index (χ1v) is 10.7. The van der Waals surface area contributed by atoms with Gasteiger partial charge in [-0.2, -0.15) is 0 Å². The third kappa shape index (κ3) is 5.08. The van der Waals surface area contributed by atoms with Gasteiger partial charge in [-0.1, -0.05) is 11.6 Å². The van der Waals surface area contributed by atoms with Crippen LogP contribution in [-0.4, -0.2) is 41.0 Å². The number of nitrogens with zero attached hydrogens (tertiary/aromatic N) is 3. The van der Waals surface area contributed by atoms with E-state index >= 15 is 0 Å². The van der Waals surface area contributed by atoms with Crippen LogP contribution in [0.15, 0.2) is 48.9 Å². The predicted molar refractivity (Wildman–Crippen MR) is 124 cm³/mol. The van der Waals surface area contributed by atoms with Crippen LogP contribution in [0.5, 0.6) is 5.75 Å². The first-order valence-electron chi connectivity index (χ1n) is 10.3. The third-order valence-electron chi connectivity index (χ3n) is 5.22. The molecular weight excluding hydrogens is 433 g/mol. The predicted octanol–water partition coefficient (Wildman–Crippen LogP) is 5.11. The Morgan fingerprint density at radius 3 is 2.75 bits per heavy atom. The van der Waals surface area contributed by atoms with E-state index in [2.05, 4.69) is 25.5 Å². The molecule has 32 heavy (non-hydrogen) atoms. The van der Waals surface area contributed by atoms with E-state index in [1.807, 2.05) is 6.20 Å². The Bertz CT molecular complexity index is 1160. The summed E-state index contributed by atoms with van der Waals surface area (Å²) < 4.78 is 18.9. The third-order valence-corrected chi connectivity index (χ3v) is 5.51. The number of ether oxygens (including phenoxy) is 1. The normalized spacial score (nSPS) is 14.0. The first kappa shape index (κ1) is 21.8. The van der Waals surface area contributed by atoms with E-state index in [1.165, 1.54) is 38.1 Å². The molecule has 0 saturated carbocycles. The highest BCUT2D eigenvalue weighted by Crippen LogP contribution is 2.33. The molecule has 166 valence electrons. The minimum absolute atomic E-state index is 0.00322. The average Bonchev–Trinajstić information content (AvgIpc) is 2.81. The minimum Gasteiger partial charge on any atom is -0.494 e. The van der Waals surface area contributed by atoms with Crippen LogP contribution in [0, 0.1) is 5.82 Å². The number of aromatic nitrogens is 2. The fourth-order valence-electron chi connectivity index (χ4n) is 3.58. The van der Waals surface area contributed by atoms with Crippen molar-refractivity contribution in [1.29, 1.82) is 0 Å². The maximum Gasteiger partial charge on any atom is 0.249 e. The van der Waals surface area contributed by atoms with E-state index in [0.717, 1.165) is 25.9 Å². The number of benzene rings is 2. The van der Waals surface area contributed by atoms with Crippen LogP contribution < -0.4 is 15.4 Å². The number of halogens is 2. The van der Waals surface area contributed by atoms with E-state index < -0.39 is 5.82 Å². The Labute approximate surface area is 190 Å². The summed E-state index contributed by atoms with van der Waals surface area (Å²) in [5.41, 5.74) is 1.68. The molecule has 1 aliphatic rings. The second kappa shape index (κ2) is 9.82. The fraction of sp³-hybridized carbons (Fsp3) is 0.261. The summed E-state index contributed by atoms with van der Waals surface area (Å²) in [6.45, 7) is 1.92. The monoisotopic (exact) mass is 455 g/mol. The molecule has 1 amide bonds. The maximum atomic E-state index is 13.5. The van der Waals surface area contributed by atoms with Crippen molar-refractivity contribution in [1.82, 2.24) is 14.9 Å². The number of hydrogen-bond acceptors (Lipinski definition) is 6. The Morgan fingerprint density at radius 1 is 1.19 bits per heavy atom. The summed E-state index contributed by atoms with van der Waals surface area (Å²) in [5.74, 6) is 0.202. The molecule has 3 aromatic rings. The van der Waals surface area contributed by atoms with Crippen LogP contribution >= 0.6 is 11.6 Å². The van der Waals surface area contributed by atoms with Crippen LogP contribution in [0.3, 0.4) is 0 Å². The lowest BCUT2D eigenvalue weighted by atomic mass is 10.1. The van der Waals surface area contributed by atoms with E-state index in [1.54, 1.807) is 18.2 Å². The zero-order chi connectivity index (χ0) is 22.5. The highest BCUT2D eigenvalue weighted by atomic mass is 35.5. The zero-order valence-corrected chi connectivity index (χ0v) is 18.3. The van der Waals surface area contributed by atoms with Gasteiger partial charge in [0.25, 0.3) is 0 Å². The van der Waals surface area contributed by atoms with Crippen molar-refractivity contribution in [3.63, 3.8) is 0 Å². The van der Waals surface area contributed by atoms with Gasteiger partial charge in [0.2, 0.25) is 5.91 Å². The Kier molecular flexibility index (Phi) is 6.70. The number of rotatable bonds is 6. The second-order valence-corrected chi connectivity index (χ2v) is 7.85. The fourth-order valence-corrected chi connectivity index (χ4v) is 3.76. The van der Waals surface area contributed by atoms with Crippen LogP contribution in [0.4, 0.5) is 21.6 Å². The van der Waals surface area contributed by atoms with Crippen molar-refractivity contribution >= 4 is 45.6 Å². The van der Waals surface area contributed by atoms with E-state index in [-0.39, 0.29) is 10.9 Å². The van der Waals surface area contributed by atoms with Crippen molar-refractivity contribution in [2.45, 2.75) is 19.3 Å². The molecule has 1 saturated heterocycles. The van der Waals surface area contributed by atoms with Gasteiger partial charge in [0.15, 0.2) is 0 Å². The van der Waals surface area contributed by atoms with Crippen molar-refractivity contribution < 1.29 is 13.9 Å². The van der Waals surface area contributed by atoms with Crippen molar-refractivity contribution in [3.8, 4) is 5.75 Å². The molecule has 1 fully saturated rings. The van der Waals surface area contributed by atoms with Gasteiger partial charge in [-0.3, -0.25) is 4.79 Å². The lowest BCUT2D eigenvalue weighted by Gasteiger charge is -2.24. The molecule has 9 heteroatoms. The van der Waals surface area contributed by atoms with Gasteiger partial charge in [-0.05, 0) is 43.5 Å². The number of anilines is 3. The summed E-state index contributed by atoms with van der Waals surface area (Å²) in [7, 11) is 1.53. The molecule has 0 unspecified atom stereocenters. The SMILES string of the molecule is COc1cc2ncnc(Nc3ccc(F)c(Cl)c3)c2cc1NC(=O)/C=C/N1CCCCC1. The summed E-state index contributed by atoms with van der Waals surface area (Å²) >= 11 is 5.88. The van der Waals surface area contributed by atoms with Gasteiger partial charge in [0, 0.05) is 42.5 Å². The van der Waals surface area contributed by atoms with Gasteiger partial charge in [0.1, 0.15) is 23.7 Å². The maximum absolute atomic E-state index is 13.5. The standard InChI is InChI=1S/C23H23ClFN5O2/c1-32-21-13-19-16(12-20(21)29-22(31)7-10-30-8-3-2-4-9-30)23(27-14-26-19)28-15-5-6-18(25)17(24)11-15/h5-7,10-14H,2-4,8-9H2,1H3,(H,29,31)(H,26,27,28)/b10-7+. The molecule has 1 aromatic heterocycles. The Hall–Kier alpha value is -3.39. The number of likely N-dealkylation sites (tertiary alicyclic amines) is 1. The summed E-state index contributed by atoms with van der Waals surface area (Å²) in [6.07, 6.45) is 8.27. The largest absolute Gasteiger partial charge is 0.494 e. The summed E-state index contributed by atoms with van der Waals surface area (Å²) in [5, 5.41) is 6.65. The highest BCUT2D eigenvalue weighted by Gasteiger charge is 2.13. The van der Waals surface area contributed by atoms with Crippen LogP contribution in [-0.2, 0) is 4.79 Å². The smallest absolute Gasteiger partial charge is 0.249 e. The lowest BCUT2D eigenvalue weighted by Crippen LogP contribution is -2.24. The molecule has 0 bridgehead atoms. The first-order chi connectivity index (χ1) is 15.5. The van der Waals surface area contributed by atoms with Crippen molar-refractivity contribution in [2.24, 2.45) is 0 Å². The number of piperidine rings is 1. The number of amides is 1. The van der Waals surface area contributed by atoms with Gasteiger partial charge in [0.05, 0.1) is 23.3 Å². The molecule has 2 N–H and O–H groups in total. The van der Waals surface area contributed by atoms with Gasteiger partial charge < -0.3 is 20.3 Å². The number of carbonyl (C=O) groups is 1. The number of methoxy groups -OCH3 is 1. The average molecular weight is 456 g/mol. The lowest BCUT2D eigenvalue weighted by molar-refractivity contribution is -0.112. The van der Waals surface area contributed by atoms with Gasteiger partial charge in [-0.25, -0.2) is 14.4 Å². The minimum atomic E-state index is -0.503. The zero-order valence-electron chi connectivity index (χ0n) is 17.6. The topological polar surface area (TPSA) is 79.4 Å². The quantitative estimate of drug-likeness (QED) is 0.503. The Morgan fingerprint density at radius 2 is 2.00 bits per heavy atom. The van der Waals surface area contributed by atoms with E-state index in [0.29, 0.717) is 33.8 Å². The number of hydrogen-bond donors (Lipinski definition) is 2. The number of carbonyl (C=O) groups excluding carboxylic acids is 1. The molecule has 7 nitrogen and oxygen atoms in total. The molecule has 2 heterocycles.